The van der Waals surface area contributed by atoms with Crippen LogP contribution in [0, 0.1) is 0 Å². The second kappa shape index (κ2) is 10.8. The highest BCUT2D eigenvalue weighted by atomic mass is 16.5. The van der Waals surface area contributed by atoms with Crippen molar-refractivity contribution in [3.05, 3.63) is 95.6 Å². The van der Waals surface area contributed by atoms with Crippen LogP contribution in [-0.4, -0.2) is 25.2 Å². The zero-order valence-corrected chi connectivity index (χ0v) is 16.9. The molecular weight excluding hydrogens is 380 g/mol. The Kier molecular flexibility index (Phi) is 7.61. The van der Waals surface area contributed by atoms with Crippen molar-refractivity contribution in [2.45, 2.75) is 19.8 Å². The number of carbonyl (C=O) groups excluding carboxylic acids is 2. The molecule has 0 aromatic heterocycles. The lowest BCUT2D eigenvalue weighted by atomic mass is 10.1. The normalized spacial score (nSPS) is 10.3. The van der Waals surface area contributed by atoms with Crippen LogP contribution < -0.4 is 9.47 Å². The van der Waals surface area contributed by atoms with Gasteiger partial charge < -0.3 is 14.2 Å². The Balaban J connectivity index is 1.50. The van der Waals surface area contributed by atoms with Crippen LogP contribution in [0.25, 0.3) is 0 Å². The topological polar surface area (TPSA) is 61.8 Å². The molecule has 0 radical (unpaired) electrons. The maximum absolute atomic E-state index is 12.4. The van der Waals surface area contributed by atoms with Crippen molar-refractivity contribution in [1.29, 1.82) is 0 Å². The third-order valence-electron chi connectivity index (χ3n) is 4.39. The zero-order chi connectivity index (χ0) is 21.2. The quantitative estimate of drug-likeness (QED) is 0.282. The Morgan fingerprint density at radius 1 is 0.800 bits per heavy atom. The molecule has 0 bridgehead atoms. The van der Waals surface area contributed by atoms with E-state index in [0.717, 1.165) is 12.8 Å². The molecular formula is C25H24O5. The first-order valence-electron chi connectivity index (χ1n) is 9.92. The van der Waals surface area contributed by atoms with Crippen molar-refractivity contribution in [3.63, 3.8) is 0 Å². The molecule has 0 aliphatic carbocycles. The standard InChI is InChI=1S/C25H24O5/c1-2-28-23-13-7-6-12-22(23)25(27)30-21-16-14-20(15-17-21)24(26)29-18-8-11-19-9-4-3-5-10-19/h3-7,9-10,12-17H,2,8,11,18H2,1H3. The minimum absolute atomic E-state index is 0.340. The number of rotatable bonds is 9. The number of hydrogen-bond donors (Lipinski definition) is 0. The van der Waals surface area contributed by atoms with Crippen molar-refractivity contribution in [1.82, 2.24) is 0 Å². The zero-order valence-electron chi connectivity index (χ0n) is 16.9. The van der Waals surface area contributed by atoms with Crippen molar-refractivity contribution < 1.29 is 23.8 Å². The average Bonchev–Trinajstić information content (AvgIpc) is 2.78. The molecule has 0 aliphatic rings. The summed E-state index contributed by atoms with van der Waals surface area (Å²) in [4.78, 5) is 24.6. The molecule has 0 aliphatic heterocycles. The molecule has 0 saturated carbocycles. The lowest BCUT2D eigenvalue weighted by Gasteiger charge is -2.10. The van der Waals surface area contributed by atoms with E-state index in [2.05, 4.69) is 12.1 Å². The smallest absolute Gasteiger partial charge is 0.347 e. The summed E-state index contributed by atoms with van der Waals surface area (Å²) in [6.45, 7) is 2.65. The van der Waals surface area contributed by atoms with Crippen LogP contribution >= 0.6 is 0 Å². The minimum Gasteiger partial charge on any atom is -0.493 e. The monoisotopic (exact) mass is 404 g/mol. The highest BCUT2D eigenvalue weighted by molar-refractivity contribution is 5.94. The van der Waals surface area contributed by atoms with Gasteiger partial charge in [0.25, 0.3) is 0 Å². The highest BCUT2D eigenvalue weighted by Crippen LogP contribution is 2.21. The summed E-state index contributed by atoms with van der Waals surface area (Å²) in [7, 11) is 0. The fourth-order valence-corrected chi connectivity index (χ4v) is 2.91. The number of carbonyl (C=O) groups is 2. The number of para-hydroxylation sites is 1. The van der Waals surface area contributed by atoms with Crippen molar-refractivity contribution in [2.75, 3.05) is 13.2 Å². The lowest BCUT2D eigenvalue weighted by molar-refractivity contribution is 0.0500. The first-order chi connectivity index (χ1) is 14.7. The second-order valence-corrected chi connectivity index (χ2v) is 6.57. The van der Waals surface area contributed by atoms with Crippen LogP contribution in [0.15, 0.2) is 78.9 Å². The third-order valence-corrected chi connectivity index (χ3v) is 4.39. The number of esters is 2. The average molecular weight is 404 g/mol. The molecule has 5 nitrogen and oxygen atoms in total. The van der Waals surface area contributed by atoms with Gasteiger partial charge >= 0.3 is 11.9 Å². The summed E-state index contributed by atoms with van der Waals surface area (Å²) in [5.41, 5.74) is 1.97. The highest BCUT2D eigenvalue weighted by Gasteiger charge is 2.15. The SMILES string of the molecule is CCOc1ccccc1C(=O)Oc1ccc(C(=O)OCCCc2ccccc2)cc1. The summed E-state index contributed by atoms with van der Waals surface area (Å²) in [5.74, 6) is -0.106. The van der Waals surface area contributed by atoms with Gasteiger partial charge in [0.05, 0.1) is 18.8 Å². The maximum Gasteiger partial charge on any atom is 0.347 e. The molecule has 3 rings (SSSR count). The molecule has 3 aromatic carbocycles. The van der Waals surface area contributed by atoms with E-state index in [9.17, 15) is 9.59 Å². The van der Waals surface area contributed by atoms with E-state index < -0.39 is 11.9 Å². The van der Waals surface area contributed by atoms with Gasteiger partial charge in [-0.15, -0.1) is 0 Å². The Hall–Kier alpha value is -3.60. The number of hydrogen-bond acceptors (Lipinski definition) is 5. The largest absolute Gasteiger partial charge is 0.493 e. The van der Waals surface area contributed by atoms with Crippen LogP contribution in [0.2, 0.25) is 0 Å². The first kappa shape index (κ1) is 21.1. The summed E-state index contributed by atoms with van der Waals surface area (Å²) in [5, 5.41) is 0. The van der Waals surface area contributed by atoms with Gasteiger partial charge in [-0.05, 0) is 61.7 Å². The third kappa shape index (κ3) is 5.95. The molecule has 154 valence electrons. The van der Waals surface area contributed by atoms with E-state index in [1.165, 1.54) is 5.56 Å². The molecule has 0 N–H and O–H groups in total. The molecule has 0 spiro atoms. The van der Waals surface area contributed by atoms with E-state index in [1.54, 1.807) is 48.5 Å². The van der Waals surface area contributed by atoms with Gasteiger partial charge in [-0.3, -0.25) is 0 Å². The van der Waals surface area contributed by atoms with Crippen LogP contribution in [0.5, 0.6) is 11.5 Å². The van der Waals surface area contributed by atoms with E-state index in [4.69, 9.17) is 14.2 Å². The van der Waals surface area contributed by atoms with Crippen LogP contribution in [0.3, 0.4) is 0 Å². The van der Waals surface area contributed by atoms with Gasteiger partial charge in [0, 0.05) is 0 Å². The first-order valence-corrected chi connectivity index (χ1v) is 9.92. The summed E-state index contributed by atoms with van der Waals surface area (Å²) >= 11 is 0. The Labute approximate surface area is 176 Å². The van der Waals surface area contributed by atoms with Gasteiger partial charge in [0.1, 0.15) is 17.1 Å². The molecule has 5 heteroatoms. The van der Waals surface area contributed by atoms with Crippen LogP contribution in [-0.2, 0) is 11.2 Å². The van der Waals surface area contributed by atoms with Gasteiger partial charge in [-0.1, -0.05) is 42.5 Å². The summed E-state index contributed by atoms with van der Waals surface area (Å²) < 4.78 is 16.2. The Bertz CT molecular complexity index is 964. The van der Waals surface area contributed by atoms with Crippen LogP contribution in [0.1, 0.15) is 39.6 Å². The lowest BCUT2D eigenvalue weighted by Crippen LogP contribution is -2.11. The van der Waals surface area contributed by atoms with Gasteiger partial charge in [0.2, 0.25) is 0 Å². The van der Waals surface area contributed by atoms with E-state index >= 15 is 0 Å². The molecule has 0 saturated heterocycles. The Morgan fingerprint density at radius 2 is 1.50 bits per heavy atom. The fourth-order valence-electron chi connectivity index (χ4n) is 2.91. The van der Waals surface area contributed by atoms with E-state index in [1.807, 2.05) is 25.1 Å². The van der Waals surface area contributed by atoms with Crippen molar-refractivity contribution in [3.8, 4) is 11.5 Å². The van der Waals surface area contributed by atoms with Crippen molar-refractivity contribution in [2.24, 2.45) is 0 Å². The molecule has 0 atom stereocenters. The molecule has 0 heterocycles. The molecule has 0 amide bonds. The maximum atomic E-state index is 12.4. The molecule has 0 fully saturated rings. The van der Waals surface area contributed by atoms with Gasteiger partial charge in [-0.2, -0.15) is 0 Å². The van der Waals surface area contributed by atoms with Gasteiger partial charge in [0.15, 0.2) is 0 Å². The molecule has 3 aromatic rings. The minimum atomic E-state index is -0.518. The predicted molar refractivity (Wildman–Crippen MR) is 114 cm³/mol. The van der Waals surface area contributed by atoms with Gasteiger partial charge in [-0.25, -0.2) is 9.59 Å². The second-order valence-electron chi connectivity index (χ2n) is 6.57. The predicted octanol–water partition coefficient (Wildman–Crippen LogP) is 5.09. The Morgan fingerprint density at radius 3 is 2.23 bits per heavy atom. The van der Waals surface area contributed by atoms with Crippen molar-refractivity contribution >= 4 is 11.9 Å². The fraction of sp³-hybridized carbons (Fsp3) is 0.200. The molecule has 30 heavy (non-hydrogen) atoms. The summed E-state index contributed by atoms with van der Waals surface area (Å²) in [6.07, 6.45) is 1.61. The molecule has 0 unspecified atom stereocenters. The number of benzene rings is 3. The summed E-state index contributed by atoms with van der Waals surface area (Å²) in [6, 6.07) is 23.3. The van der Waals surface area contributed by atoms with E-state index in [-0.39, 0.29) is 0 Å². The number of ether oxygens (including phenoxy) is 3. The van der Waals surface area contributed by atoms with Crippen LogP contribution in [0.4, 0.5) is 0 Å². The number of aryl methyl sites for hydroxylation is 1. The van der Waals surface area contributed by atoms with E-state index in [0.29, 0.717) is 35.8 Å².